The Bertz CT molecular complexity index is 1070. The molecule has 2 saturated carbocycles. The number of aryl methyl sites for hydroxylation is 1. The van der Waals surface area contributed by atoms with E-state index in [1.54, 1.807) is 23.4 Å². The number of hydrogen-bond donors (Lipinski definition) is 1. The summed E-state index contributed by atoms with van der Waals surface area (Å²) in [5.74, 6) is 0.905. The van der Waals surface area contributed by atoms with Crippen molar-refractivity contribution in [3.05, 3.63) is 71.0 Å². The van der Waals surface area contributed by atoms with Gasteiger partial charge in [-0.05, 0) is 68.4 Å². The highest BCUT2D eigenvalue weighted by molar-refractivity contribution is 6.35. The lowest BCUT2D eigenvalue weighted by molar-refractivity contribution is -0.145. The first-order valence-electron chi connectivity index (χ1n) is 13.6. The minimum Gasteiger partial charge on any atom is -0.516 e. The molecule has 2 heterocycles. The molecule has 1 amide bonds. The predicted octanol–water partition coefficient (Wildman–Crippen LogP) is 9.17. The topological polar surface area (TPSA) is 71.2 Å². The third-order valence-electron chi connectivity index (χ3n) is 7.03. The maximum Gasteiger partial charge on any atom is 0.433 e. The van der Waals surface area contributed by atoms with Crippen LogP contribution in [0, 0.1) is 25.2 Å². The number of amides is 1. The first kappa shape index (κ1) is 36.5. The van der Waals surface area contributed by atoms with Gasteiger partial charge in [0.25, 0.3) is 0 Å². The van der Waals surface area contributed by atoms with Gasteiger partial charge in [-0.1, -0.05) is 62.5 Å². The number of aromatic nitrogens is 3. The van der Waals surface area contributed by atoms with Crippen molar-refractivity contribution in [2.45, 2.75) is 84.9 Å². The fourth-order valence-electron chi connectivity index (χ4n) is 4.29. The van der Waals surface area contributed by atoms with Crippen LogP contribution in [0.1, 0.15) is 81.7 Å². The Kier molecular flexibility index (Phi) is 15.5. The van der Waals surface area contributed by atoms with Crippen molar-refractivity contribution in [3.63, 3.8) is 0 Å². The lowest BCUT2D eigenvalue weighted by Crippen LogP contribution is -2.27. The lowest BCUT2D eigenvalue weighted by Gasteiger charge is -2.35. The first-order chi connectivity index (χ1) is 19.2. The summed E-state index contributed by atoms with van der Waals surface area (Å²) < 4.78 is 40.2. The number of aliphatic hydroxyl groups is 1. The van der Waals surface area contributed by atoms with Crippen molar-refractivity contribution in [1.82, 2.24) is 19.7 Å². The van der Waals surface area contributed by atoms with E-state index < -0.39 is 11.9 Å². The number of carbonyl (C=O) groups is 1. The zero-order valence-electron chi connectivity index (χ0n) is 24.4. The molecule has 41 heavy (non-hydrogen) atoms. The van der Waals surface area contributed by atoms with E-state index >= 15 is 0 Å². The molecule has 2 fully saturated rings. The monoisotopic (exact) mass is 618 g/mol. The van der Waals surface area contributed by atoms with Crippen LogP contribution < -0.4 is 0 Å². The molecule has 2 aromatic heterocycles. The molecule has 230 valence electrons. The van der Waals surface area contributed by atoms with E-state index in [9.17, 15) is 18.0 Å². The number of rotatable bonds is 7. The molecule has 11 heteroatoms. The van der Waals surface area contributed by atoms with E-state index in [4.69, 9.17) is 28.3 Å². The number of hydrogen-bond acceptors (Lipinski definition) is 4. The lowest BCUT2D eigenvalue weighted by atomic mass is 9.75. The van der Waals surface area contributed by atoms with Crippen LogP contribution in [0.3, 0.4) is 0 Å². The molecular weight excluding hydrogens is 576 g/mol. The molecule has 0 saturated heterocycles. The highest BCUT2D eigenvalue weighted by atomic mass is 35.5. The number of halogens is 5. The maximum atomic E-state index is 13.0. The van der Waals surface area contributed by atoms with Gasteiger partial charge in [-0.2, -0.15) is 18.3 Å². The van der Waals surface area contributed by atoms with Gasteiger partial charge in [0.15, 0.2) is 0 Å². The number of carbonyl (C=O) groups excluding carboxylic acids is 1. The summed E-state index contributed by atoms with van der Waals surface area (Å²) in [6, 6.07) is -0.108. The quantitative estimate of drug-likeness (QED) is 0.191. The van der Waals surface area contributed by atoms with Gasteiger partial charge in [-0.15, -0.1) is 6.58 Å². The number of alkyl halides is 3. The van der Waals surface area contributed by atoms with E-state index in [1.807, 2.05) is 6.92 Å². The molecule has 0 spiro atoms. The van der Waals surface area contributed by atoms with Gasteiger partial charge in [0, 0.05) is 25.5 Å². The van der Waals surface area contributed by atoms with Gasteiger partial charge in [0.1, 0.15) is 5.69 Å². The Labute approximate surface area is 252 Å². The molecule has 4 rings (SSSR count). The molecule has 0 bridgehead atoms. The van der Waals surface area contributed by atoms with E-state index in [2.05, 4.69) is 37.1 Å². The predicted molar refractivity (Wildman–Crippen MR) is 160 cm³/mol. The summed E-state index contributed by atoms with van der Waals surface area (Å²) in [7, 11) is 0. The second-order valence-corrected chi connectivity index (χ2v) is 11.9. The first-order valence-corrected chi connectivity index (χ1v) is 14.4. The standard InChI is InChI=1S/C13H19F3N2.C9H15NO.C6H5Cl2N.C2H4O/c1-9-8-17-18(11(9)13(14,15)16)10-4-6-12(2,3)7-5-10;1-2-6-10(8-11)7-5-9-3-4-9;1-4-5(7)2-9-3-6(4)8;1-2-3/h8,10H,4-7H2,1-3H3;2,8-9H,1,3-7H2;2-3H,1H3;2-3H,1H2. The van der Waals surface area contributed by atoms with Crippen LogP contribution >= 0.6 is 23.2 Å². The summed E-state index contributed by atoms with van der Waals surface area (Å²) in [5, 5.41) is 12.5. The van der Waals surface area contributed by atoms with Crippen LogP contribution in [-0.2, 0) is 11.0 Å². The summed E-state index contributed by atoms with van der Waals surface area (Å²) in [6.45, 7) is 15.8. The minimum atomic E-state index is -4.31. The second kappa shape index (κ2) is 17.4. The minimum absolute atomic E-state index is 0.108. The number of pyridine rings is 1. The van der Waals surface area contributed by atoms with E-state index in [-0.39, 0.29) is 17.0 Å². The van der Waals surface area contributed by atoms with Crippen molar-refractivity contribution in [2.24, 2.45) is 11.3 Å². The molecule has 2 aromatic rings. The molecule has 0 atom stereocenters. The fourth-order valence-corrected chi connectivity index (χ4v) is 4.66. The highest BCUT2D eigenvalue weighted by Crippen LogP contribution is 2.42. The number of nitrogens with zero attached hydrogens (tertiary/aromatic N) is 4. The van der Waals surface area contributed by atoms with E-state index in [0.29, 0.717) is 16.6 Å². The van der Waals surface area contributed by atoms with Crippen molar-refractivity contribution in [3.8, 4) is 0 Å². The van der Waals surface area contributed by atoms with Gasteiger partial charge >= 0.3 is 6.18 Å². The second-order valence-electron chi connectivity index (χ2n) is 11.0. The van der Waals surface area contributed by atoms with Crippen molar-refractivity contribution < 1.29 is 23.1 Å². The maximum absolute atomic E-state index is 13.0. The fraction of sp³-hybridized carbons (Fsp3) is 0.567. The molecule has 1 N–H and O–H groups in total. The molecule has 0 unspecified atom stereocenters. The Morgan fingerprint density at radius 3 is 2.05 bits per heavy atom. The molecule has 2 aliphatic rings. The smallest absolute Gasteiger partial charge is 0.433 e. The Balaban J connectivity index is 0.000000313. The Morgan fingerprint density at radius 1 is 1.10 bits per heavy atom. The normalized spacial score (nSPS) is 16.0. The molecule has 0 radical (unpaired) electrons. The molecule has 2 aliphatic carbocycles. The van der Waals surface area contributed by atoms with Crippen LogP contribution in [0.15, 0.2) is 44.1 Å². The zero-order chi connectivity index (χ0) is 31.2. The Hall–Kier alpha value is -2.52. The van der Waals surface area contributed by atoms with Gasteiger partial charge in [-0.3, -0.25) is 14.5 Å². The third-order valence-corrected chi connectivity index (χ3v) is 7.79. The Morgan fingerprint density at radius 2 is 1.63 bits per heavy atom. The summed E-state index contributed by atoms with van der Waals surface area (Å²) >= 11 is 11.3. The van der Waals surface area contributed by atoms with Crippen molar-refractivity contribution in [1.29, 1.82) is 0 Å². The van der Waals surface area contributed by atoms with Gasteiger partial charge in [0.05, 0.1) is 28.5 Å². The summed E-state index contributed by atoms with van der Waals surface area (Å²) in [5.41, 5.74) is 0.768. The highest BCUT2D eigenvalue weighted by Gasteiger charge is 2.39. The molecule has 0 aliphatic heterocycles. The SMILES string of the molecule is C=CCN(C=O)CCC1CC1.C=CO.Cc1c(Cl)cncc1Cl.Cc1cnn(C2CCC(C)(C)CC2)c1C(F)(F)F. The van der Waals surface area contributed by atoms with Gasteiger partial charge in [0.2, 0.25) is 6.41 Å². The molecule has 0 aromatic carbocycles. The average molecular weight is 620 g/mol. The van der Waals surface area contributed by atoms with Gasteiger partial charge < -0.3 is 10.0 Å². The van der Waals surface area contributed by atoms with E-state index in [0.717, 1.165) is 56.4 Å². The summed E-state index contributed by atoms with van der Waals surface area (Å²) in [6.07, 6.45) is 10.9. The van der Waals surface area contributed by atoms with Crippen LogP contribution in [-0.4, -0.2) is 44.3 Å². The molecule has 6 nitrogen and oxygen atoms in total. The van der Waals surface area contributed by atoms with Crippen molar-refractivity contribution in [2.75, 3.05) is 13.1 Å². The average Bonchev–Trinajstić information content (AvgIpc) is 3.64. The van der Waals surface area contributed by atoms with Crippen LogP contribution in [0.2, 0.25) is 10.0 Å². The van der Waals surface area contributed by atoms with Crippen molar-refractivity contribution >= 4 is 29.6 Å². The third kappa shape index (κ3) is 13.3. The molecular formula is C30H43Cl2F3N4O2. The van der Waals surface area contributed by atoms with Crippen LogP contribution in [0.5, 0.6) is 0 Å². The number of aliphatic hydroxyl groups excluding tert-OH is 1. The van der Waals surface area contributed by atoms with Crippen LogP contribution in [0.4, 0.5) is 13.2 Å². The zero-order valence-corrected chi connectivity index (χ0v) is 25.9. The van der Waals surface area contributed by atoms with Crippen LogP contribution in [0.25, 0.3) is 0 Å². The van der Waals surface area contributed by atoms with E-state index in [1.165, 1.54) is 37.1 Å². The van der Waals surface area contributed by atoms with Gasteiger partial charge in [-0.25, -0.2) is 0 Å². The largest absolute Gasteiger partial charge is 0.516 e. The summed E-state index contributed by atoms with van der Waals surface area (Å²) in [4.78, 5) is 16.0.